The zero-order valence-corrected chi connectivity index (χ0v) is 21.1. The average molecular weight is 468 g/mol. The number of carbonyl (C=O) groups is 1. The Labute approximate surface area is 195 Å². The van der Waals surface area contributed by atoms with Gasteiger partial charge in [-0.05, 0) is 43.2 Å². The molecular weight excluding hydrogens is 434 g/mol. The highest BCUT2D eigenvalue weighted by Crippen LogP contribution is 2.36. The van der Waals surface area contributed by atoms with Gasteiger partial charge in [0.05, 0.1) is 7.11 Å². The SMILES string of the molecule is CNc1ccc(-c2cn(COCC[Si](C)(C)C)c3nc(NC(=O)C4CC4)ccc23)c(OC)n1. The maximum atomic E-state index is 12.3. The molecule has 0 bridgehead atoms. The van der Waals surface area contributed by atoms with Crippen LogP contribution in [-0.4, -0.2) is 49.3 Å². The summed E-state index contributed by atoms with van der Waals surface area (Å²) in [5, 5.41) is 6.95. The van der Waals surface area contributed by atoms with Gasteiger partial charge in [-0.2, -0.15) is 4.98 Å². The first kappa shape index (κ1) is 23.3. The summed E-state index contributed by atoms with van der Waals surface area (Å²) in [6, 6.07) is 8.85. The fourth-order valence-electron chi connectivity index (χ4n) is 3.60. The summed E-state index contributed by atoms with van der Waals surface area (Å²) >= 11 is 0. The molecule has 2 N–H and O–H groups in total. The number of hydrogen-bond donors (Lipinski definition) is 2. The molecule has 33 heavy (non-hydrogen) atoms. The lowest BCUT2D eigenvalue weighted by atomic mass is 10.1. The molecule has 1 fully saturated rings. The normalized spacial score (nSPS) is 13.8. The summed E-state index contributed by atoms with van der Waals surface area (Å²) in [7, 11) is 2.27. The second-order valence-electron chi connectivity index (χ2n) is 9.70. The number of nitrogens with zero attached hydrogens (tertiary/aromatic N) is 3. The molecule has 1 amide bonds. The minimum atomic E-state index is -1.18. The minimum absolute atomic E-state index is 0.0417. The summed E-state index contributed by atoms with van der Waals surface area (Å²) < 4.78 is 13.6. The second-order valence-corrected chi connectivity index (χ2v) is 15.3. The third-order valence-electron chi connectivity index (χ3n) is 5.75. The molecule has 0 saturated heterocycles. The molecule has 8 nitrogen and oxygen atoms in total. The number of amides is 1. The van der Waals surface area contributed by atoms with Crippen LogP contribution in [-0.2, 0) is 16.3 Å². The molecule has 4 rings (SSSR count). The zero-order chi connectivity index (χ0) is 23.6. The van der Waals surface area contributed by atoms with E-state index in [9.17, 15) is 4.79 Å². The van der Waals surface area contributed by atoms with E-state index in [0.29, 0.717) is 25.0 Å². The lowest BCUT2D eigenvalue weighted by Gasteiger charge is -2.15. The van der Waals surface area contributed by atoms with Gasteiger partial charge in [0, 0.05) is 50.4 Å². The smallest absolute Gasteiger partial charge is 0.228 e. The van der Waals surface area contributed by atoms with Crippen molar-refractivity contribution in [3.63, 3.8) is 0 Å². The van der Waals surface area contributed by atoms with Crippen LogP contribution in [0, 0.1) is 5.92 Å². The van der Waals surface area contributed by atoms with Crippen LogP contribution in [0.3, 0.4) is 0 Å². The number of rotatable bonds is 10. The van der Waals surface area contributed by atoms with Crippen molar-refractivity contribution in [2.24, 2.45) is 5.92 Å². The van der Waals surface area contributed by atoms with E-state index in [4.69, 9.17) is 14.5 Å². The van der Waals surface area contributed by atoms with Gasteiger partial charge in [-0.15, -0.1) is 0 Å². The van der Waals surface area contributed by atoms with Crippen molar-refractivity contribution in [3.05, 3.63) is 30.5 Å². The number of methoxy groups -OCH3 is 1. The number of carbonyl (C=O) groups excluding carboxylic acids is 1. The molecule has 1 aliphatic rings. The van der Waals surface area contributed by atoms with Gasteiger partial charge in [0.2, 0.25) is 11.8 Å². The van der Waals surface area contributed by atoms with E-state index in [1.165, 1.54) is 0 Å². The number of aromatic nitrogens is 3. The number of hydrogen-bond acceptors (Lipinski definition) is 6. The fourth-order valence-corrected chi connectivity index (χ4v) is 4.36. The molecule has 0 radical (unpaired) electrons. The molecule has 0 unspecified atom stereocenters. The molecular formula is C24H33N5O3Si. The number of anilines is 2. The van der Waals surface area contributed by atoms with Gasteiger partial charge >= 0.3 is 0 Å². The molecule has 0 spiro atoms. The summed E-state index contributed by atoms with van der Waals surface area (Å²) in [6.45, 7) is 8.11. The van der Waals surface area contributed by atoms with Crippen LogP contribution in [0.4, 0.5) is 11.6 Å². The number of ether oxygens (including phenoxy) is 2. The van der Waals surface area contributed by atoms with E-state index in [-0.39, 0.29) is 11.8 Å². The summed E-state index contributed by atoms with van der Waals surface area (Å²) in [5.41, 5.74) is 2.59. The quantitative estimate of drug-likeness (QED) is 0.328. The molecule has 176 valence electrons. The Hall–Kier alpha value is -2.91. The van der Waals surface area contributed by atoms with Crippen molar-refractivity contribution in [1.29, 1.82) is 0 Å². The van der Waals surface area contributed by atoms with Crippen molar-refractivity contribution < 1.29 is 14.3 Å². The van der Waals surface area contributed by atoms with Gasteiger partial charge in [0.1, 0.15) is 24.0 Å². The van der Waals surface area contributed by atoms with Crippen LogP contribution < -0.4 is 15.4 Å². The number of pyridine rings is 2. The van der Waals surface area contributed by atoms with E-state index >= 15 is 0 Å². The van der Waals surface area contributed by atoms with Crippen LogP contribution in [0.25, 0.3) is 22.2 Å². The second kappa shape index (κ2) is 9.52. The van der Waals surface area contributed by atoms with Crippen LogP contribution in [0.15, 0.2) is 30.5 Å². The Kier molecular flexibility index (Phi) is 6.71. The molecule has 1 saturated carbocycles. The highest BCUT2D eigenvalue weighted by atomic mass is 28.3. The highest BCUT2D eigenvalue weighted by Gasteiger charge is 2.30. The standard InChI is InChI=1S/C24H33N5O3Si/c1-25-20-10-9-18(24(28-20)31-2)19-14-29(15-32-12-13-33(3,4)5)22-17(19)8-11-21(26-22)27-23(30)16-6-7-16/h8-11,14,16H,6-7,12-13,15H2,1-5H3,(H,25,28)(H,26,27,30). The van der Waals surface area contributed by atoms with Gasteiger partial charge in [0.25, 0.3) is 0 Å². The highest BCUT2D eigenvalue weighted by molar-refractivity contribution is 6.76. The first-order chi connectivity index (χ1) is 15.8. The Bertz CT molecular complexity index is 1150. The average Bonchev–Trinajstić information content (AvgIpc) is 3.58. The molecule has 0 aliphatic heterocycles. The first-order valence-electron chi connectivity index (χ1n) is 11.4. The van der Waals surface area contributed by atoms with E-state index in [2.05, 4.69) is 35.3 Å². The predicted molar refractivity (Wildman–Crippen MR) is 135 cm³/mol. The van der Waals surface area contributed by atoms with Crippen molar-refractivity contribution >= 4 is 36.7 Å². The number of fused-ring (bicyclic) bond motifs is 1. The largest absolute Gasteiger partial charge is 0.480 e. The lowest BCUT2D eigenvalue weighted by Crippen LogP contribution is -2.22. The Balaban J connectivity index is 1.69. The van der Waals surface area contributed by atoms with Gasteiger partial charge in [-0.3, -0.25) is 4.79 Å². The van der Waals surface area contributed by atoms with Crippen LogP contribution >= 0.6 is 0 Å². The Morgan fingerprint density at radius 2 is 1.88 bits per heavy atom. The third-order valence-corrected chi connectivity index (χ3v) is 7.45. The van der Waals surface area contributed by atoms with Crippen LogP contribution in [0.1, 0.15) is 12.8 Å². The zero-order valence-electron chi connectivity index (χ0n) is 20.1. The van der Waals surface area contributed by atoms with Crippen molar-refractivity contribution in [1.82, 2.24) is 14.5 Å². The molecule has 0 atom stereocenters. The maximum Gasteiger partial charge on any atom is 0.228 e. The van der Waals surface area contributed by atoms with Gasteiger partial charge in [-0.1, -0.05) is 19.6 Å². The Morgan fingerprint density at radius 1 is 1.12 bits per heavy atom. The lowest BCUT2D eigenvalue weighted by molar-refractivity contribution is -0.117. The van der Waals surface area contributed by atoms with Gasteiger partial charge < -0.3 is 24.7 Å². The van der Waals surface area contributed by atoms with Crippen molar-refractivity contribution in [3.8, 4) is 17.0 Å². The molecule has 0 aromatic carbocycles. The van der Waals surface area contributed by atoms with Crippen molar-refractivity contribution in [2.75, 3.05) is 31.4 Å². The molecule has 9 heteroatoms. The van der Waals surface area contributed by atoms with Crippen LogP contribution in [0.2, 0.25) is 25.7 Å². The van der Waals surface area contributed by atoms with E-state index < -0.39 is 8.07 Å². The molecule has 3 heterocycles. The topological polar surface area (TPSA) is 90.3 Å². The van der Waals surface area contributed by atoms with Gasteiger partial charge in [-0.25, -0.2) is 4.98 Å². The van der Waals surface area contributed by atoms with E-state index in [1.54, 1.807) is 7.11 Å². The fraction of sp³-hybridized carbons (Fsp3) is 0.458. The van der Waals surface area contributed by atoms with Crippen LogP contribution in [0.5, 0.6) is 5.88 Å². The van der Waals surface area contributed by atoms with Gasteiger partial charge in [0.15, 0.2) is 0 Å². The van der Waals surface area contributed by atoms with E-state index in [1.807, 2.05) is 42.1 Å². The maximum absolute atomic E-state index is 12.3. The summed E-state index contributed by atoms with van der Waals surface area (Å²) in [6.07, 6.45) is 3.93. The number of nitrogens with one attached hydrogen (secondary N) is 2. The molecule has 3 aromatic rings. The van der Waals surface area contributed by atoms with Crippen molar-refractivity contribution in [2.45, 2.75) is 45.3 Å². The third kappa shape index (κ3) is 5.54. The van der Waals surface area contributed by atoms with E-state index in [0.717, 1.165) is 46.9 Å². The monoisotopic (exact) mass is 467 g/mol. The summed E-state index contributed by atoms with van der Waals surface area (Å²) in [4.78, 5) is 21.6. The Morgan fingerprint density at radius 3 is 2.55 bits per heavy atom. The predicted octanol–water partition coefficient (Wildman–Crippen LogP) is 4.81. The summed E-state index contributed by atoms with van der Waals surface area (Å²) in [5.74, 6) is 1.99. The molecule has 3 aromatic heterocycles. The first-order valence-corrected chi connectivity index (χ1v) is 15.1. The minimum Gasteiger partial charge on any atom is -0.480 e. The molecule has 1 aliphatic carbocycles.